The van der Waals surface area contributed by atoms with Gasteiger partial charge in [-0.1, -0.05) is 6.08 Å². The fourth-order valence-electron chi connectivity index (χ4n) is 1.76. The molecule has 0 aliphatic heterocycles. The lowest BCUT2D eigenvalue weighted by Gasteiger charge is -2.27. The predicted molar refractivity (Wildman–Crippen MR) is 89.8 cm³/mol. The summed E-state index contributed by atoms with van der Waals surface area (Å²) >= 11 is 0. The number of hydrogen-bond donors (Lipinski definition) is 0. The Kier molecular flexibility index (Phi) is 10.0. The molecule has 0 bridgehead atoms. The van der Waals surface area contributed by atoms with Crippen LogP contribution in [0.25, 0.3) is 0 Å². The maximum atomic E-state index is 13.0. The van der Waals surface area contributed by atoms with Crippen LogP contribution in [-0.4, -0.2) is 37.2 Å². The van der Waals surface area contributed by atoms with E-state index in [1.54, 1.807) is 47.6 Å². The van der Waals surface area contributed by atoms with Gasteiger partial charge in [-0.25, -0.2) is 0 Å². The van der Waals surface area contributed by atoms with Crippen LogP contribution in [0.15, 0.2) is 12.7 Å². The highest BCUT2D eigenvalue weighted by Crippen LogP contribution is 2.64. The van der Waals surface area contributed by atoms with Gasteiger partial charge in [-0.2, -0.15) is 0 Å². The fourth-order valence-corrected chi connectivity index (χ4v) is 7.55. The number of rotatable bonds is 12. The maximum absolute atomic E-state index is 13.0. The summed E-state index contributed by atoms with van der Waals surface area (Å²) in [6.45, 7) is 14.3. The molecule has 0 amide bonds. The minimum absolute atomic E-state index is 0.149. The first-order valence-corrected chi connectivity index (χ1v) is 11.1. The normalized spacial score (nSPS) is 15.5. The molecule has 0 saturated carbocycles. The Morgan fingerprint density at radius 3 is 1.73 bits per heavy atom. The summed E-state index contributed by atoms with van der Waals surface area (Å²) < 4.78 is 47.5. The Hall–Kier alpha value is 0.0400. The van der Waals surface area contributed by atoms with E-state index in [9.17, 15) is 9.13 Å². The maximum Gasteiger partial charge on any atom is 0.340 e. The van der Waals surface area contributed by atoms with E-state index in [0.29, 0.717) is 0 Å². The quantitative estimate of drug-likeness (QED) is 0.283. The van der Waals surface area contributed by atoms with Crippen molar-refractivity contribution in [3.05, 3.63) is 12.7 Å². The molecule has 0 spiro atoms. The van der Waals surface area contributed by atoms with Crippen LogP contribution in [0.3, 0.4) is 0 Å². The fraction of sp³-hybridized carbons (Fsp3) is 0.857. The topological polar surface area (TPSA) is 71.1 Å². The van der Waals surface area contributed by atoms with E-state index in [2.05, 4.69) is 6.58 Å². The van der Waals surface area contributed by atoms with Gasteiger partial charge in [0.2, 0.25) is 7.37 Å². The predicted octanol–water partition coefficient (Wildman–Crippen LogP) is 4.85. The van der Waals surface area contributed by atoms with E-state index in [0.717, 1.165) is 0 Å². The van der Waals surface area contributed by atoms with Crippen LogP contribution in [0.5, 0.6) is 0 Å². The Bertz CT molecular complexity index is 406. The molecule has 1 atom stereocenters. The van der Waals surface area contributed by atoms with Gasteiger partial charge in [0.25, 0.3) is 0 Å². The zero-order valence-corrected chi connectivity index (χ0v) is 16.3. The van der Waals surface area contributed by atoms with E-state index >= 15 is 0 Å². The van der Waals surface area contributed by atoms with Gasteiger partial charge in [-0.3, -0.25) is 9.13 Å². The monoisotopic (exact) mass is 356 g/mol. The van der Waals surface area contributed by atoms with Gasteiger partial charge >= 0.3 is 7.60 Å². The molecule has 0 aliphatic rings. The van der Waals surface area contributed by atoms with Crippen molar-refractivity contribution < 1.29 is 27.4 Å². The molecule has 8 heteroatoms. The van der Waals surface area contributed by atoms with Gasteiger partial charge in [0, 0.05) is 0 Å². The highest BCUT2D eigenvalue weighted by Gasteiger charge is 2.39. The van der Waals surface area contributed by atoms with Crippen molar-refractivity contribution in [3.63, 3.8) is 0 Å². The molecule has 0 aromatic carbocycles. The third kappa shape index (κ3) is 9.94. The van der Waals surface area contributed by atoms with Gasteiger partial charge in [0.1, 0.15) is 12.3 Å². The van der Waals surface area contributed by atoms with E-state index in [1.165, 1.54) is 0 Å². The van der Waals surface area contributed by atoms with Gasteiger partial charge in [-0.05, 0) is 41.5 Å². The minimum Gasteiger partial charge on any atom is -0.367 e. The van der Waals surface area contributed by atoms with Crippen molar-refractivity contribution >= 4 is 15.0 Å². The van der Waals surface area contributed by atoms with E-state index in [-0.39, 0.29) is 37.2 Å². The van der Waals surface area contributed by atoms with Crippen molar-refractivity contribution in [1.82, 2.24) is 0 Å². The molecule has 0 fully saturated rings. The summed E-state index contributed by atoms with van der Waals surface area (Å²) in [6, 6.07) is 0. The second kappa shape index (κ2) is 10.0. The highest BCUT2D eigenvalue weighted by molar-refractivity contribution is 7.73. The Morgan fingerprint density at radius 1 is 0.909 bits per heavy atom. The van der Waals surface area contributed by atoms with Gasteiger partial charge in [0.15, 0.2) is 0 Å². The van der Waals surface area contributed by atoms with Crippen molar-refractivity contribution in [1.29, 1.82) is 0 Å². The van der Waals surface area contributed by atoms with Crippen molar-refractivity contribution in [3.8, 4) is 0 Å². The van der Waals surface area contributed by atoms with Crippen molar-refractivity contribution in [2.45, 2.75) is 59.9 Å². The molecule has 0 rings (SSSR count). The van der Waals surface area contributed by atoms with Crippen LogP contribution in [0, 0.1) is 0 Å². The minimum atomic E-state index is -3.55. The number of ether oxygens (including phenoxy) is 1. The molecule has 0 saturated heterocycles. The number of hydrogen-bond acceptors (Lipinski definition) is 6. The third-order valence-corrected chi connectivity index (χ3v) is 8.04. The molecule has 6 nitrogen and oxygen atoms in total. The summed E-state index contributed by atoms with van der Waals surface area (Å²) in [4.78, 5) is 0. The van der Waals surface area contributed by atoms with Crippen LogP contribution in [0.2, 0.25) is 0 Å². The van der Waals surface area contributed by atoms with Gasteiger partial charge < -0.3 is 18.3 Å². The van der Waals surface area contributed by atoms with Crippen LogP contribution in [0.1, 0.15) is 41.5 Å². The molecule has 132 valence electrons. The zero-order chi connectivity index (χ0) is 17.4. The average Bonchev–Trinajstić information content (AvgIpc) is 2.23. The molecule has 0 heterocycles. The highest BCUT2D eigenvalue weighted by atomic mass is 31.2. The molecular weight excluding hydrogens is 326 g/mol. The van der Waals surface area contributed by atoms with Crippen molar-refractivity contribution in [2.24, 2.45) is 0 Å². The molecule has 22 heavy (non-hydrogen) atoms. The average molecular weight is 356 g/mol. The summed E-state index contributed by atoms with van der Waals surface area (Å²) in [5.74, 6) is -0.300. The summed E-state index contributed by atoms with van der Waals surface area (Å²) in [5.41, 5.74) is 0. The second-order valence-electron chi connectivity index (χ2n) is 5.82. The van der Waals surface area contributed by atoms with Crippen LogP contribution >= 0.6 is 15.0 Å². The van der Waals surface area contributed by atoms with Crippen LogP contribution in [0.4, 0.5) is 0 Å². The summed E-state index contributed by atoms with van der Waals surface area (Å²) in [7, 11) is -6.87. The summed E-state index contributed by atoms with van der Waals surface area (Å²) in [6.07, 6.45) is 0.487. The lowest BCUT2D eigenvalue weighted by Crippen LogP contribution is -2.14. The summed E-state index contributed by atoms with van der Waals surface area (Å²) in [5, 5.41) is 0. The molecule has 0 aromatic heterocycles. The first-order valence-electron chi connectivity index (χ1n) is 7.43. The molecule has 1 unspecified atom stereocenters. The van der Waals surface area contributed by atoms with E-state index in [1.807, 2.05) is 0 Å². The Balaban J connectivity index is 5.20. The van der Waals surface area contributed by atoms with E-state index < -0.39 is 15.0 Å². The van der Waals surface area contributed by atoms with Gasteiger partial charge in [-0.15, -0.1) is 6.58 Å². The Morgan fingerprint density at radius 2 is 1.36 bits per heavy atom. The molecular formula is C14H30O6P2. The Labute approximate surface area is 134 Å². The molecule has 0 radical (unpaired) electrons. The lowest BCUT2D eigenvalue weighted by atomic mass is 10.5. The first-order chi connectivity index (χ1) is 10.0. The second-order valence-corrected chi connectivity index (χ2v) is 10.7. The molecule has 0 aromatic rings. The largest absolute Gasteiger partial charge is 0.367 e. The standard InChI is InChI=1S/C14H30O6P2/c1-8-9-17-10-21(15,18-12(2)3)11-22(16,19-13(4)5)20-14(6)7/h8,12-14H,1,9-11H2,2-7H3. The van der Waals surface area contributed by atoms with Gasteiger partial charge in [0.05, 0.1) is 24.9 Å². The smallest absolute Gasteiger partial charge is 0.340 e. The molecule has 0 N–H and O–H groups in total. The van der Waals surface area contributed by atoms with Crippen LogP contribution < -0.4 is 0 Å². The zero-order valence-electron chi connectivity index (χ0n) is 14.5. The SMILES string of the molecule is C=CCOCP(=O)(CP(=O)(OC(C)C)OC(C)C)OC(C)C. The first kappa shape index (κ1) is 22.0. The van der Waals surface area contributed by atoms with Crippen LogP contribution in [-0.2, 0) is 27.4 Å². The van der Waals surface area contributed by atoms with Crippen molar-refractivity contribution in [2.75, 3.05) is 18.9 Å². The lowest BCUT2D eigenvalue weighted by molar-refractivity contribution is 0.142. The molecule has 0 aliphatic carbocycles. The third-order valence-electron chi connectivity index (χ3n) is 2.06. The van der Waals surface area contributed by atoms with E-state index in [4.69, 9.17) is 18.3 Å².